The van der Waals surface area contributed by atoms with Crippen LogP contribution in [0, 0.1) is 6.92 Å². The molecule has 0 aromatic heterocycles. The van der Waals surface area contributed by atoms with E-state index in [1.54, 1.807) is 18.2 Å². The minimum atomic E-state index is -0.158. The summed E-state index contributed by atoms with van der Waals surface area (Å²) in [6, 6.07) is 20.4. The molecule has 4 rings (SSSR count). The van der Waals surface area contributed by atoms with Crippen molar-refractivity contribution in [1.29, 1.82) is 0 Å². The van der Waals surface area contributed by atoms with E-state index in [0.717, 1.165) is 35.3 Å². The number of aryl methyl sites for hydroxylation is 1. The molecule has 0 aliphatic carbocycles. The summed E-state index contributed by atoms with van der Waals surface area (Å²) >= 11 is 0. The van der Waals surface area contributed by atoms with Gasteiger partial charge in [0.05, 0.1) is 6.17 Å². The van der Waals surface area contributed by atoms with E-state index in [2.05, 4.69) is 9.80 Å². The average Bonchev–Trinajstić information content (AvgIpc) is 3.09. The van der Waals surface area contributed by atoms with Crippen molar-refractivity contribution in [1.82, 2.24) is 9.80 Å². The highest BCUT2D eigenvalue weighted by Crippen LogP contribution is 2.38. The summed E-state index contributed by atoms with van der Waals surface area (Å²) in [5.41, 5.74) is 3.63. The van der Waals surface area contributed by atoms with Crippen LogP contribution in [0.4, 0.5) is 0 Å². The number of phenols is 3. The molecule has 1 saturated heterocycles. The zero-order valence-corrected chi connectivity index (χ0v) is 16.5. The number of benzene rings is 3. The van der Waals surface area contributed by atoms with Gasteiger partial charge in [-0.05, 0) is 31.2 Å². The summed E-state index contributed by atoms with van der Waals surface area (Å²) in [6.07, 6.45) is -0.158. The smallest absolute Gasteiger partial charge is 0.121 e. The van der Waals surface area contributed by atoms with E-state index in [1.807, 2.05) is 55.5 Å². The molecule has 0 radical (unpaired) electrons. The molecule has 0 unspecified atom stereocenters. The predicted molar refractivity (Wildman–Crippen MR) is 113 cm³/mol. The summed E-state index contributed by atoms with van der Waals surface area (Å²) in [4.78, 5) is 4.51. The first-order chi connectivity index (χ1) is 14.0. The SMILES string of the molecule is Cc1ccc(O)c(C2N(Cc3ccccc3O)CCN2Cc2ccccc2O)c1. The predicted octanol–water partition coefficient (Wildman–Crippen LogP) is 4.13. The van der Waals surface area contributed by atoms with Crippen LogP contribution in [0.25, 0.3) is 0 Å². The summed E-state index contributed by atoms with van der Waals surface area (Å²) < 4.78 is 0. The Labute approximate surface area is 171 Å². The van der Waals surface area contributed by atoms with Crippen molar-refractivity contribution in [2.45, 2.75) is 26.2 Å². The molecule has 0 saturated carbocycles. The van der Waals surface area contributed by atoms with E-state index < -0.39 is 0 Å². The van der Waals surface area contributed by atoms with E-state index in [1.165, 1.54) is 0 Å². The van der Waals surface area contributed by atoms with Crippen LogP contribution in [0.2, 0.25) is 0 Å². The Hall–Kier alpha value is -3.02. The van der Waals surface area contributed by atoms with Gasteiger partial charge < -0.3 is 15.3 Å². The molecule has 3 aromatic carbocycles. The van der Waals surface area contributed by atoms with Crippen LogP contribution in [0.3, 0.4) is 0 Å². The number of hydrogen-bond donors (Lipinski definition) is 3. The van der Waals surface area contributed by atoms with Crippen LogP contribution >= 0.6 is 0 Å². The van der Waals surface area contributed by atoms with E-state index >= 15 is 0 Å². The molecule has 5 nitrogen and oxygen atoms in total. The Balaban J connectivity index is 1.69. The lowest BCUT2D eigenvalue weighted by molar-refractivity contribution is 0.121. The summed E-state index contributed by atoms with van der Waals surface area (Å²) in [5, 5.41) is 31.1. The van der Waals surface area contributed by atoms with Gasteiger partial charge in [0.2, 0.25) is 0 Å². The number of aromatic hydroxyl groups is 3. The Morgan fingerprint density at radius 1 is 0.724 bits per heavy atom. The molecule has 0 bridgehead atoms. The lowest BCUT2D eigenvalue weighted by atomic mass is 10.1. The van der Waals surface area contributed by atoms with E-state index in [-0.39, 0.29) is 23.4 Å². The number of nitrogens with zero attached hydrogens (tertiary/aromatic N) is 2. The Bertz CT molecular complexity index is 949. The summed E-state index contributed by atoms with van der Waals surface area (Å²) in [5.74, 6) is 0.810. The van der Waals surface area contributed by atoms with Crippen molar-refractivity contribution in [3.63, 3.8) is 0 Å². The summed E-state index contributed by atoms with van der Waals surface area (Å²) in [6.45, 7) is 4.74. The fraction of sp³-hybridized carbons (Fsp3) is 0.250. The van der Waals surface area contributed by atoms with Gasteiger partial charge in [0.25, 0.3) is 0 Å². The normalized spacial score (nSPS) is 15.8. The van der Waals surface area contributed by atoms with Gasteiger partial charge in [-0.25, -0.2) is 0 Å². The fourth-order valence-electron chi connectivity index (χ4n) is 4.06. The number of rotatable bonds is 5. The van der Waals surface area contributed by atoms with Gasteiger partial charge in [-0.2, -0.15) is 0 Å². The molecule has 3 N–H and O–H groups in total. The Morgan fingerprint density at radius 3 is 1.76 bits per heavy atom. The highest BCUT2D eigenvalue weighted by Gasteiger charge is 2.35. The second-order valence-electron chi connectivity index (χ2n) is 7.63. The fourth-order valence-corrected chi connectivity index (χ4v) is 4.06. The Kier molecular flexibility index (Phi) is 5.43. The van der Waals surface area contributed by atoms with Gasteiger partial charge >= 0.3 is 0 Å². The van der Waals surface area contributed by atoms with Crippen LogP contribution in [0.15, 0.2) is 66.7 Å². The number of hydrogen-bond acceptors (Lipinski definition) is 5. The lowest BCUT2D eigenvalue weighted by Gasteiger charge is -2.31. The van der Waals surface area contributed by atoms with Gasteiger partial charge in [0.1, 0.15) is 17.2 Å². The molecule has 1 heterocycles. The maximum absolute atomic E-state index is 10.6. The van der Waals surface area contributed by atoms with Crippen molar-refractivity contribution in [2.75, 3.05) is 13.1 Å². The highest BCUT2D eigenvalue weighted by molar-refractivity contribution is 5.39. The zero-order chi connectivity index (χ0) is 20.4. The van der Waals surface area contributed by atoms with Gasteiger partial charge in [-0.15, -0.1) is 0 Å². The molecule has 1 aliphatic heterocycles. The third kappa shape index (κ3) is 4.06. The van der Waals surface area contributed by atoms with E-state index in [9.17, 15) is 15.3 Å². The van der Waals surface area contributed by atoms with E-state index in [0.29, 0.717) is 13.1 Å². The molecule has 1 fully saturated rings. The van der Waals surface area contributed by atoms with E-state index in [4.69, 9.17) is 0 Å². The lowest BCUT2D eigenvalue weighted by Crippen LogP contribution is -2.30. The van der Waals surface area contributed by atoms with Crippen molar-refractivity contribution >= 4 is 0 Å². The number of para-hydroxylation sites is 2. The maximum atomic E-state index is 10.6. The minimum Gasteiger partial charge on any atom is -0.508 e. The van der Waals surface area contributed by atoms with Crippen LogP contribution in [-0.2, 0) is 13.1 Å². The van der Waals surface area contributed by atoms with Crippen molar-refractivity contribution in [2.24, 2.45) is 0 Å². The van der Waals surface area contributed by atoms with Crippen molar-refractivity contribution < 1.29 is 15.3 Å². The molecular formula is C24H26N2O3. The van der Waals surface area contributed by atoms with Crippen LogP contribution in [0.5, 0.6) is 17.2 Å². The minimum absolute atomic E-state index is 0.158. The summed E-state index contributed by atoms with van der Waals surface area (Å²) in [7, 11) is 0. The molecule has 1 aliphatic rings. The average molecular weight is 390 g/mol. The molecular weight excluding hydrogens is 364 g/mol. The molecule has 0 atom stereocenters. The van der Waals surface area contributed by atoms with Gasteiger partial charge in [-0.1, -0.05) is 48.0 Å². The highest BCUT2D eigenvalue weighted by atomic mass is 16.3. The van der Waals surface area contributed by atoms with Gasteiger partial charge in [-0.3, -0.25) is 9.80 Å². The number of phenolic OH excluding ortho intramolecular Hbond substituents is 3. The molecule has 0 spiro atoms. The maximum Gasteiger partial charge on any atom is 0.121 e. The largest absolute Gasteiger partial charge is 0.508 e. The first kappa shape index (κ1) is 19.3. The third-order valence-corrected chi connectivity index (χ3v) is 5.56. The first-order valence-corrected chi connectivity index (χ1v) is 9.84. The molecule has 29 heavy (non-hydrogen) atoms. The Morgan fingerprint density at radius 2 is 1.24 bits per heavy atom. The monoisotopic (exact) mass is 390 g/mol. The zero-order valence-electron chi connectivity index (χ0n) is 16.5. The van der Waals surface area contributed by atoms with Crippen LogP contribution in [0.1, 0.15) is 28.4 Å². The third-order valence-electron chi connectivity index (χ3n) is 5.56. The first-order valence-electron chi connectivity index (χ1n) is 9.84. The molecule has 3 aromatic rings. The molecule has 0 amide bonds. The standard InChI is InChI=1S/C24H26N2O3/c1-17-10-11-23(29)20(14-17)24-25(15-18-6-2-4-8-21(18)27)12-13-26(24)16-19-7-3-5-9-22(19)28/h2-11,14,24,27-29H,12-13,15-16H2,1H3. The van der Waals surface area contributed by atoms with Crippen LogP contribution in [-0.4, -0.2) is 38.2 Å². The second-order valence-corrected chi connectivity index (χ2v) is 7.63. The van der Waals surface area contributed by atoms with Crippen molar-refractivity contribution in [3.8, 4) is 17.2 Å². The molecule has 5 heteroatoms. The van der Waals surface area contributed by atoms with Crippen molar-refractivity contribution in [3.05, 3.63) is 89.0 Å². The quantitative estimate of drug-likeness (QED) is 0.611. The van der Waals surface area contributed by atoms with Crippen LogP contribution < -0.4 is 0 Å². The molecule has 150 valence electrons. The van der Waals surface area contributed by atoms with Gasteiger partial charge in [0, 0.05) is 42.9 Å². The topological polar surface area (TPSA) is 67.2 Å². The van der Waals surface area contributed by atoms with Gasteiger partial charge in [0.15, 0.2) is 0 Å². The second kappa shape index (κ2) is 8.15.